The summed E-state index contributed by atoms with van der Waals surface area (Å²) in [6.07, 6.45) is -2.35. The molecule has 3 rings (SSSR count). The Morgan fingerprint density at radius 1 is 1.23 bits per heavy atom. The molecule has 0 saturated carbocycles. The fourth-order valence-corrected chi connectivity index (χ4v) is 4.48. The minimum absolute atomic E-state index is 0.185. The normalized spacial score (nSPS) is 17.5. The maximum absolute atomic E-state index is 12.9. The minimum Gasteiger partial charge on any atom is -0.480 e. The number of carbonyl (C=O) groups is 3. The second-order valence-corrected chi connectivity index (χ2v) is 8.33. The van der Waals surface area contributed by atoms with Crippen molar-refractivity contribution in [2.24, 2.45) is 5.73 Å². The average Bonchev–Trinajstić information content (AvgIpc) is 3.18. The Labute approximate surface area is 183 Å². The summed E-state index contributed by atoms with van der Waals surface area (Å²) in [5.41, 5.74) is 8.00. The summed E-state index contributed by atoms with van der Waals surface area (Å²) >= 11 is 1.48. The van der Waals surface area contributed by atoms with Gasteiger partial charge in [-0.25, -0.2) is 4.79 Å². The van der Waals surface area contributed by atoms with Crippen molar-refractivity contribution in [1.82, 2.24) is 10.2 Å². The smallest absolute Gasteiger partial charge is 0.480 e. The van der Waals surface area contributed by atoms with Gasteiger partial charge in [-0.3, -0.25) is 14.9 Å². The largest absolute Gasteiger partial charge is 0.507 e. The summed E-state index contributed by atoms with van der Waals surface area (Å²) in [5.74, 6) is -1.45. The molecule has 1 aliphatic rings. The summed E-state index contributed by atoms with van der Waals surface area (Å²) in [7, 11) is 0. The van der Waals surface area contributed by atoms with Crippen LogP contribution in [0.1, 0.15) is 28.8 Å². The highest BCUT2D eigenvalue weighted by atomic mass is 32.1. The highest BCUT2D eigenvalue weighted by molar-refractivity contribution is 7.10. The lowest BCUT2D eigenvalue weighted by Crippen LogP contribution is -2.52. The summed E-state index contributed by atoms with van der Waals surface area (Å²) in [5, 5.41) is 23.2. The number of fused-ring (bicyclic) bond motifs is 1. The van der Waals surface area contributed by atoms with Crippen molar-refractivity contribution < 1.29 is 29.3 Å². The Morgan fingerprint density at radius 3 is 2.65 bits per heavy atom. The predicted molar refractivity (Wildman–Crippen MR) is 113 cm³/mol. The van der Waals surface area contributed by atoms with Crippen LogP contribution >= 0.6 is 11.3 Å². The van der Waals surface area contributed by atoms with E-state index in [0.29, 0.717) is 12.8 Å². The van der Waals surface area contributed by atoms with E-state index in [1.165, 1.54) is 16.2 Å². The number of carboxylic acids is 1. The van der Waals surface area contributed by atoms with E-state index in [1.807, 2.05) is 41.8 Å². The second-order valence-electron chi connectivity index (χ2n) is 7.33. The van der Waals surface area contributed by atoms with Gasteiger partial charge in [0.2, 0.25) is 5.91 Å². The molecule has 3 atom stereocenters. The van der Waals surface area contributed by atoms with Crippen LogP contribution in [-0.4, -0.2) is 51.6 Å². The van der Waals surface area contributed by atoms with Crippen LogP contribution in [0.15, 0.2) is 41.8 Å². The van der Waals surface area contributed by atoms with Gasteiger partial charge in [0.15, 0.2) is 6.23 Å². The van der Waals surface area contributed by atoms with Gasteiger partial charge < -0.3 is 25.6 Å². The first-order valence-electron chi connectivity index (χ1n) is 9.86. The van der Waals surface area contributed by atoms with Gasteiger partial charge in [-0.1, -0.05) is 30.3 Å². The van der Waals surface area contributed by atoms with Gasteiger partial charge in [-0.05, 0) is 35.4 Å². The topological polar surface area (TPSA) is 142 Å². The lowest BCUT2D eigenvalue weighted by atomic mass is 10.0. The van der Waals surface area contributed by atoms with Crippen molar-refractivity contribution in [1.29, 1.82) is 0 Å². The van der Waals surface area contributed by atoms with Crippen molar-refractivity contribution >= 4 is 29.4 Å². The third-order valence-electron chi connectivity index (χ3n) is 5.12. The maximum atomic E-state index is 12.9. The Balaban J connectivity index is 1.59. The van der Waals surface area contributed by atoms with E-state index < -0.39 is 36.5 Å². The molecule has 0 saturated heterocycles. The number of aryl methyl sites for hydroxylation is 1. The summed E-state index contributed by atoms with van der Waals surface area (Å²) in [6, 6.07) is 10.5. The highest BCUT2D eigenvalue weighted by Crippen LogP contribution is 2.29. The molecular weight excluding hydrogens is 422 g/mol. The number of amides is 1. The molecule has 10 heteroatoms. The van der Waals surface area contributed by atoms with E-state index in [0.717, 1.165) is 16.0 Å². The molecule has 0 bridgehead atoms. The molecule has 2 heterocycles. The van der Waals surface area contributed by atoms with Crippen LogP contribution in [0.2, 0.25) is 0 Å². The second kappa shape index (κ2) is 10.4. The average molecular weight is 448 g/mol. The number of carboxylic acid groups (broad SMARTS) is 2. The third-order valence-corrected chi connectivity index (χ3v) is 6.07. The minimum atomic E-state index is -1.46. The maximum Gasteiger partial charge on any atom is 0.507 e. The van der Waals surface area contributed by atoms with Crippen molar-refractivity contribution in [2.75, 3.05) is 0 Å². The van der Waals surface area contributed by atoms with Crippen LogP contribution in [0.4, 0.5) is 4.79 Å². The number of hydrogen-bond donors (Lipinski definition) is 4. The molecule has 0 spiro atoms. The molecule has 0 fully saturated rings. The standard InChI is InChI=1S/C21H25N3O6S/c22-17(23-15(20(26)27)7-6-13-4-2-1-3-5-13)11-18(25)24-12-16-14(8-9-31-16)10-19(24)30-21(28)29/h1-5,8-9,15,17,19,23H,6-7,10-12,22H2,(H,26,27)(H,28,29)/t15-,17+,19-/m1/s1. The zero-order valence-electron chi connectivity index (χ0n) is 16.8. The molecule has 1 amide bonds. The van der Waals surface area contributed by atoms with E-state index in [4.69, 9.17) is 15.6 Å². The number of thiophene rings is 1. The monoisotopic (exact) mass is 447 g/mol. The molecule has 2 aromatic rings. The highest BCUT2D eigenvalue weighted by Gasteiger charge is 2.34. The molecule has 1 aromatic carbocycles. The van der Waals surface area contributed by atoms with Crippen LogP contribution in [0.25, 0.3) is 0 Å². The molecule has 0 unspecified atom stereocenters. The lowest BCUT2D eigenvalue weighted by Gasteiger charge is -2.35. The van der Waals surface area contributed by atoms with Gasteiger partial charge in [-0.15, -0.1) is 11.3 Å². The van der Waals surface area contributed by atoms with E-state index in [9.17, 15) is 19.5 Å². The van der Waals surface area contributed by atoms with E-state index in [2.05, 4.69) is 5.32 Å². The van der Waals surface area contributed by atoms with Crippen LogP contribution in [0.5, 0.6) is 0 Å². The van der Waals surface area contributed by atoms with Crippen molar-refractivity contribution in [3.05, 3.63) is 57.8 Å². The van der Waals surface area contributed by atoms with Crippen LogP contribution < -0.4 is 11.1 Å². The zero-order chi connectivity index (χ0) is 22.4. The van der Waals surface area contributed by atoms with Crippen LogP contribution in [0.3, 0.4) is 0 Å². The van der Waals surface area contributed by atoms with Crippen molar-refractivity contribution in [3.63, 3.8) is 0 Å². The van der Waals surface area contributed by atoms with Gasteiger partial charge >= 0.3 is 12.1 Å². The molecule has 166 valence electrons. The molecule has 9 nitrogen and oxygen atoms in total. The van der Waals surface area contributed by atoms with E-state index >= 15 is 0 Å². The van der Waals surface area contributed by atoms with Gasteiger partial charge in [0, 0.05) is 11.3 Å². The Hall–Kier alpha value is -2.95. The van der Waals surface area contributed by atoms with Crippen molar-refractivity contribution in [2.45, 2.75) is 50.7 Å². The lowest BCUT2D eigenvalue weighted by molar-refractivity contribution is -0.146. The number of ether oxygens (including phenoxy) is 1. The Bertz CT molecular complexity index is 919. The predicted octanol–water partition coefficient (Wildman–Crippen LogP) is 2.00. The molecule has 5 N–H and O–H groups in total. The first kappa shape index (κ1) is 22.7. The van der Waals surface area contributed by atoms with Crippen molar-refractivity contribution in [3.8, 4) is 0 Å². The fourth-order valence-electron chi connectivity index (χ4n) is 3.57. The van der Waals surface area contributed by atoms with E-state index in [-0.39, 0.29) is 19.4 Å². The molecule has 1 aromatic heterocycles. The third kappa shape index (κ3) is 6.27. The molecule has 0 radical (unpaired) electrons. The molecule has 1 aliphatic heterocycles. The van der Waals surface area contributed by atoms with Crippen LogP contribution in [0, 0.1) is 0 Å². The number of nitrogens with two attached hydrogens (primary N) is 1. The van der Waals surface area contributed by atoms with Gasteiger partial charge in [0.1, 0.15) is 6.04 Å². The number of carbonyl (C=O) groups excluding carboxylic acids is 1. The number of hydrogen-bond acceptors (Lipinski definition) is 7. The number of benzene rings is 1. The fraction of sp³-hybridized carbons (Fsp3) is 0.381. The number of nitrogens with one attached hydrogen (secondary N) is 1. The number of nitrogens with zero attached hydrogens (tertiary/aromatic N) is 1. The number of rotatable bonds is 9. The SMILES string of the molecule is N[C@H](CC(=O)N1Cc2sccc2C[C@H]1OC(=O)O)N[C@H](CCc1ccccc1)C(=O)O. The first-order chi connectivity index (χ1) is 14.8. The number of aliphatic carboxylic acids is 1. The van der Waals surface area contributed by atoms with Gasteiger partial charge in [0.05, 0.1) is 19.1 Å². The summed E-state index contributed by atoms with van der Waals surface area (Å²) < 4.78 is 4.91. The Morgan fingerprint density at radius 2 is 1.97 bits per heavy atom. The first-order valence-corrected chi connectivity index (χ1v) is 10.7. The Kier molecular flexibility index (Phi) is 7.61. The molecule has 31 heavy (non-hydrogen) atoms. The van der Waals surface area contributed by atoms with Gasteiger partial charge in [0.25, 0.3) is 0 Å². The molecular formula is C21H25N3O6S. The quantitative estimate of drug-likeness (QED) is 0.338. The van der Waals surface area contributed by atoms with Crippen LogP contribution in [-0.2, 0) is 33.7 Å². The summed E-state index contributed by atoms with van der Waals surface area (Å²) in [6.45, 7) is 0.229. The summed E-state index contributed by atoms with van der Waals surface area (Å²) in [4.78, 5) is 37.8. The molecule has 0 aliphatic carbocycles. The van der Waals surface area contributed by atoms with E-state index in [1.54, 1.807) is 0 Å². The van der Waals surface area contributed by atoms with Gasteiger partial charge in [-0.2, -0.15) is 0 Å². The zero-order valence-corrected chi connectivity index (χ0v) is 17.6.